The van der Waals surface area contributed by atoms with Crippen molar-refractivity contribution < 1.29 is 10.2 Å². The van der Waals surface area contributed by atoms with Crippen LogP contribution in [-0.2, 0) is 0 Å². The summed E-state index contributed by atoms with van der Waals surface area (Å²) >= 11 is 0. The van der Waals surface area contributed by atoms with E-state index < -0.39 is 0 Å². The molecule has 3 heteroatoms. The molecule has 1 rings (SSSR count). The van der Waals surface area contributed by atoms with Crippen LogP contribution in [0, 0.1) is 5.92 Å². The zero-order valence-electron chi connectivity index (χ0n) is 7.74. The van der Waals surface area contributed by atoms with E-state index in [1.807, 2.05) is 6.92 Å². The lowest BCUT2D eigenvalue weighted by atomic mass is 9.92. The Kier molecular flexibility index (Phi) is 3.98. The number of piperidine rings is 1. The maximum atomic E-state index is 9.33. The summed E-state index contributed by atoms with van der Waals surface area (Å²) in [5.41, 5.74) is 0. The Morgan fingerprint density at radius 1 is 1.42 bits per heavy atom. The molecule has 0 radical (unpaired) electrons. The molecule has 0 unspecified atom stereocenters. The summed E-state index contributed by atoms with van der Waals surface area (Å²) in [5, 5.41) is 18.0. The molecule has 1 aliphatic rings. The van der Waals surface area contributed by atoms with Crippen molar-refractivity contribution in [2.75, 3.05) is 26.2 Å². The van der Waals surface area contributed by atoms with Crippen molar-refractivity contribution in [3.05, 3.63) is 0 Å². The van der Waals surface area contributed by atoms with Gasteiger partial charge in [0.05, 0.1) is 12.7 Å². The summed E-state index contributed by atoms with van der Waals surface area (Å²) in [4.78, 5) is 2.25. The quantitative estimate of drug-likeness (QED) is 0.635. The van der Waals surface area contributed by atoms with Crippen molar-refractivity contribution in [2.45, 2.75) is 25.9 Å². The minimum Gasteiger partial charge on any atom is -0.395 e. The third kappa shape index (κ3) is 2.73. The lowest BCUT2D eigenvalue weighted by Gasteiger charge is -2.32. The number of β-amino-alcohol motifs (C(OH)–C–C–N with tert-alkyl or cyclic N) is 1. The van der Waals surface area contributed by atoms with E-state index in [4.69, 9.17) is 5.11 Å². The van der Waals surface area contributed by atoms with Gasteiger partial charge in [0, 0.05) is 6.54 Å². The van der Waals surface area contributed by atoms with Crippen LogP contribution in [-0.4, -0.2) is 47.5 Å². The fraction of sp³-hybridized carbons (Fsp3) is 1.00. The minimum atomic E-state index is -0.165. The molecule has 72 valence electrons. The molecule has 2 N–H and O–H groups in total. The average Bonchev–Trinajstić information content (AvgIpc) is 2.06. The molecular weight excluding hydrogens is 154 g/mol. The first kappa shape index (κ1) is 9.96. The molecule has 0 aromatic rings. The average molecular weight is 173 g/mol. The van der Waals surface area contributed by atoms with Gasteiger partial charge in [-0.05, 0) is 38.8 Å². The van der Waals surface area contributed by atoms with Gasteiger partial charge in [-0.2, -0.15) is 0 Å². The molecule has 1 atom stereocenters. The van der Waals surface area contributed by atoms with Crippen LogP contribution in [0.3, 0.4) is 0 Å². The maximum absolute atomic E-state index is 9.33. The minimum absolute atomic E-state index is 0.165. The van der Waals surface area contributed by atoms with Crippen molar-refractivity contribution in [3.8, 4) is 0 Å². The van der Waals surface area contributed by atoms with Crippen molar-refractivity contribution >= 4 is 0 Å². The SMILES string of the molecule is C[C@H](O)C1CCN(CCO)CC1. The van der Waals surface area contributed by atoms with Crippen molar-refractivity contribution in [1.29, 1.82) is 0 Å². The Balaban J connectivity index is 2.20. The second kappa shape index (κ2) is 4.80. The highest BCUT2D eigenvalue weighted by Crippen LogP contribution is 2.19. The third-order valence-electron chi connectivity index (χ3n) is 2.73. The third-order valence-corrected chi connectivity index (χ3v) is 2.73. The van der Waals surface area contributed by atoms with Gasteiger partial charge in [0.15, 0.2) is 0 Å². The summed E-state index contributed by atoms with van der Waals surface area (Å²) in [6.07, 6.45) is 1.97. The van der Waals surface area contributed by atoms with E-state index in [0.717, 1.165) is 32.5 Å². The van der Waals surface area contributed by atoms with Gasteiger partial charge < -0.3 is 15.1 Å². The Morgan fingerprint density at radius 2 is 2.00 bits per heavy atom. The van der Waals surface area contributed by atoms with Gasteiger partial charge in [-0.1, -0.05) is 0 Å². The smallest absolute Gasteiger partial charge is 0.0558 e. The van der Waals surface area contributed by atoms with Crippen LogP contribution in [0.4, 0.5) is 0 Å². The van der Waals surface area contributed by atoms with Gasteiger partial charge in [-0.3, -0.25) is 0 Å². The zero-order valence-corrected chi connectivity index (χ0v) is 7.74. The van der Waals surface area contributed by atoms with Gasteiger partial charge in [0.1, 0.15) is 0 Å². The van der Waals surface area contributed by atoms with Crippen molar-refractivity contribution in [3.63, 3.8) is 0 Å². The number of rotatable bonds is 3. The van der Waals surface area contributed by atoms with Crippen LogP contribution in [0.5, 0.6) is 0 Å². The standard InChI is InChI=1S/C9H19NO2/c1-8(12)9-2-4-10(5-3-9)6-7-11/h8-9,11-12H,2-7H2,1H3/t8-/m0/s1. The van der Waals surface area contributed by atoms with E-state index in [1.54, 1.807) is 0 Å². The Labute approximate surface area is 74.0 Å². The predicted molar refractivity (Wildman–Crippen MR) is 47.9 cm³/mol. The highest BCUT2D eigenvalue weighted by Gasteiger charge is 2.21. The van der Waals surface area contributed by atoms with E-state index in [9.17, 15) is 5.11 Å². The van der Waals surface area contributed by atoms with Gasteiger partial charge in [-0.15, -0.1) is 0 Å². The molecule has 0 aliphatic carbocycles. The van der Waals surface area contributed by atoms with E-state index in [-0.39, 0.29) is 12.7 Å². The molecule has 0 saturated carbocycles. The number of aliphatic hydroxyl groups is 2. The number of likely N-dealkylation sites (tertiary alicyclic amines) is 1. The molecule has 0 aromatic carbocycles. The predicted octanol–water partition coefficient (Wildman–Crippen LogP) is 0.0715. The first-order chi connectivity index (χ1) is 5.74. The Bertz CT molecular complexity index is 120. The zero-order chi connectivity index (χ0) is 8.97. The molecule has 1 heterocycles. The number of hydrogen-bond acceptors (Lipinski definition) is 3. The molecule has 0 bridgehead atoms. The van der Waals surface area contributed by atoms with Crippen LogP contribution in [0.25, 0.3) is 0 Å². The number of nitrogens with zero attached hydrogens (tertiary/aromatic N) is 1. The topological polar surface area (TPSA) is 43.7 Å². The molecule has 1 fully saturated rings. The first-order valence-electron chi connectivity index (χ1n) is 4.75. The normalized spacial score (nSPS) is 24.2. The fourth-order valence-corrected chi connectivity index (χ4v) is 1.80. The summed E-state index contributed by atoms with van der Waals surface area (Å²) < 4.78 is 0. The summed E-state index contributed by atoms with van der Waals surface area (Å²) in [6, 6.07) is 0. The molecule has 0 amide bonds. The van der Waals surface area contributed by atoms with Crippen molar-refractivity contribution in [2.24, 2.45) is 5.92 Å². The monoisotopic (exact) mass is 173 g/mol. The Hall–Kier alpha value is -0.120. The van der Waals surface area contributed by atoms with E-state index in [2.05, 4.69) is 4.90 Å². The second-order valence-electron chi connectivity index (χ2n) is 3.64. The van der Waals surface area contributed by atoms with Gasteiger partial charge in [0.2, 0.25) is 0 Å². The molecule has 1 saturated heterocycles. The van der Waals surface area contributed by atoms with Crippen LogP contribution in [0.1, 0.15) is 19.8 Å². The van der Waals surface area contributed by atoms with Crippen LogP contribution in [0.2, 0.25) is 0 Å². The first-order valence-corrected chi connectivity index (χ1v) is 4.75. The number of hydrogen-bond donors (Lipinski definition) is 2. The van der Waals surface area contributed by atoms with Crippen LogP contribution in [0.15, 0.2) is 0 Å². The lowest BCUT2D eigenvalue weighted by Crippen LogP contribution is -2.38. The Morgan fingerprint density at radius 3 is 2.42 bits per heavy atom. The van der Waals surface area contributed by atoms with Gasteiger partial charge in [0.25, 0.3) is 0 Å². The van der Waals surface area contributed by atoms with Gasteiger partial charge >= 0.3 is 0 Å². The molecule has 0 aromatic heterocycles. The molecule has 0 spiro atoms. The van der Waals surface area contributed by atoms with Crippen molar-refractivity contribution in [1.82, 2.24) is 4.90 Å². The maximum Gasteiger partial charge on any atom is 0.0558 e. The summed E-state index contributed by atoms with van der Waals surface area (Å²) in [7, 11) is 0. The van der Waals surface area contributed by atoms with E-state index in [1.165, 1.54) is 0 Å². The second-order valence-corrected chi connectivity index (χ2v) is 3.64. The molecule has 3 nitrogen and oxygen atoms in total. The molecular formula is C9H19NO2. The lowest BCUT2D eigenvalue weighted by molar-refractivity contribution is 0.0658. The van der Waals surface area contributed by atoms with Crippen LogP contribution >= 0.6 is 0 Å². The van der Waals surface area contributed by atoms with Crippen LogP contribution < -0.4 is 0 Å². The van der Waals surface area contributed by atoms with E-state index >= 15 is 0 Å². The largest absolute Gasteiger partial charge is 0.395 e. The molecule has 12 heavy (non-hydrogen) atoms. The van der Waals surface area contributed by atoms with Gasteiger partial charge in [-0.25, -0.2) is 0 Å². The highest BCUT2D eigenvalue weighted by atomic mass is 16.3. The highest BCUT2D eigenvalue weighted by molar-refractivity contribution is 4.74. The molecule has 1 aliphatic heterocycles. The summed E-state index contributed by atoms with van der Waals surface area (Å²) in [5.74, 6) is 0.472. The van der Waals surface area contributed by atoms with E-state index in [0.29, 0.717) is 5.92 Å². The number of aliphatic hydroxyl groups excluding tert-OH is 2. The fourth-order valence-electron chi connectivity index (χ4n) is 1.80. The summed E-state index contributed by atoms with van der Waals surface area (Å²) in [6.45, 7) is 4.95.